The van der Waals surface area contributed by atoms with E-state index < -0.39 is 5.25 Å². The normalized spacial score (nSPS) is 17.7. The van der Waals surface area contributed by atoms with Crippen LogP contribution in [-0.2, 0) is 9.59 Å². The van der Waals surface area contributed by atoms with Gasteiger partial charge in [0.2, 0.25) is 11.8 Å². The van der Waals surface area contributed by atoms with E-state index in [0.29, 0.717) is 28.6 Å². The summed E-state index contributed by atoms with van der Waals surface area (Å²) in [6, 6.07) is 11.5. The molecule has 0 spiro atoms. The van der Waals surface area contributed by atoms with Crippen molar-refractivity contribution in [3.8, 4) is 11.5 Å². The molecule has 0 aliphatic carbocycles. The van der Waals surface area contributed by atoms with Crippen LogP contribution in [0.4, 0.5) is 5.69 Å². The zero-order chi connectivity index (χ0) is 21.5. The van der Waals surface area contributed by atoms with Crippen LogP contribution in [0.5, 0.6) is 11.5 Å². The molecule has 3 rings (SSSR count). The highest BCUT2D eigenvalue weighted by Gasteiger charge is 2.30. The number of carbonyl (C=O) groups is 2. The summed E-state index contributed by atoms with van der Waals surface area (Å²) in [5.41, 5.74) is 1.20. The maximum absolute atomic E-state index is 12.5. The predicted octanol–water partition coefficient (Wildman–Crippen LogP) is 3.39. The Balaban J connectivity index is 1.66. The SMILES string of the molecule is CCOc1cc(/C=N\N=C2NC(=O)C[C@H](C(=O)Nc3cccc(Cl)c3)S2)ccc1O. The highest BCUT2D eigenvalue weighted by atomic mass is 35.5. The monoisotopic (exact) mass is 446 g/mol. The summed E-state index contributed by atoms with van der Waals surface area (Å²) in [4.78, 5) is 24.5. The lowest BCUT2D eigenvalue weighted by atomic mass is 10.2. The number of phenols is 1. The van der Waals surface area contributed by atoms with Gasteiger partial charge in [-0.15, -0.1) is 5.10 Å². The fourth-order valence-corrected chi connectivity index (χ4v) is 3.69. The highest BCUT2D eigenvalue weighted by molar-refractivity contribution is 8.15. The molecule has 1 heterocycles. The predicted molar refractivity (Wildman–Crippen MR) is 119 cm³/mol. The highest BCUT2D eigenvalue weighted by Crippen LogP contribution is 2.26. The number of thioether (sulfide) groups is 1. The fraction of sp³-hybridized carbons (Fsp3) is 0.200. The molecule has 3 N–H and O–H groups in total. The molecule has 2 amide bonds. The number of hydrogen-bond acceptors (Lipinski definition) is 7. The summed E-state index contributed by atoms with van der Waals surface area (Å²) in [5, 5.41) is 23.1. The van der Waals surface area contributed by atoms with E-state index in [2.05, 4.69) is 20.8 Å². The summed E-state index contributed by atoms with van der Waals surface area (Å²) in [7, 11) is 0. The van der Waals surface area contributed by atoms with Crippen LogP contribution in [0.25, 0.3) is 0 Å². The summed E-state index contributed by atoms with van der Waals surface area (Å²) >= 11 is 7.04. The van der Waals surface area contributed by atoms with E-state index in [1.54, 1.807) is 36.4 Å². The third-order valence-corrected chi connectivity index (χ3v) is 5.20. The Morgan fingerprint density at radius 2 is 2.23 bits per heavy atom. The summed E-state index contributed by atoms with van der Waals surface area (Å²) in [6.45, 7) is 2.23. The number of phenolic OH excluding ortho intramolecular Hbond substituents is 1. The Labute approximate surface area is 182 Å². The fourth-order valence-electron chi connectivity index (χ4n) is 2.56. The Bertz CT molecular complexity index is 1010. The first-order valence-electron chi connectivity index (χ1n) is 9.04. The van der Waals surface area contributed by atoms with Gasteiger partial charge in [0, 0.05) is 17.1 Å². The molecule has 0 saturated carbocycles. The quantitative estimate of drug-likeness (QED) is 0.465. The van der Waals surface area contributed by atoms with Crippen molar-refractivity contribution < 1.29 is 19.4 Å². The molecule has 156 valence electrons. The van der Waals surface area contributed by atoms with E-state index in [0.717, 1.165) is 11.8 Å². The second kappa shape index (κ2) is 10.1. The van der Waals surface area contributed by atoms with Gasteiger partial charge in [0.25, 0.3) is 0 Å². The summed E-state index contributed by atoms with van der Waals surface area (Å²) in [6.07, 6.45) is 1.48. The van der Waals surface area contributed by atoms with Crippen LogP contribution in [0, 0.1) is 0 Å². The largest absolute Gasteiger partial charge is 0.504 e. The molecular formula is C20H19ClN4O4S. The number of amidine groups is 1. The number of ether oxygens (including phenoxy) is 1. The van der Waals surface area contributed by atoms with Gasteiger partial charge in [-0.3, -0.25) is 9.59 Å². The van der Waals surface area contributed by atoms with Crippen molar-refractivity contribution >= 4 is 52.2 Å². The van der Waals surface area contributed by atoms with E-state index in [1.165, 1.54) is 12.3 Å². The maximum atomic E-state index is 12.5. The minimum Gasteiger partial charge on any atom is -0.504 e. The number of amides is 2. The molecule has 2 aromatic carbocycles. The molecule has 1 fully saturated rings. The Kier molecular flexibility index (Phi) is 7.31. The van der Waals surface area contributed by atoms with Gasteiger partial charge in [-0.05, 0) is 48.9 Å². The molecule has 1 saturated heterocycles. The number of benzene rings is 2. The molecule has 1 aliphatic heterocycles. The van der Waals surface area contributed by atoms with Crippen molar-refractivity contribution in [1.29, 1.82) is 0 Å². The molecule has 30 heavy (non-hydrogen) atoms. The van der Waals surface area contributed by atoms with E-state index >= 15 is 0 Å². The van der Waals surface area contributed by atoms with Gasteiger partial charge in [-0.25, -0.2) is 0 Å². The second-order valence-electron chi connectivity index (χ2n) is 6.17. The van der Waals surface area contributed by atoms with Gasteiger partial charge in [0.05, 0.1) is 12.8 Å². The van der Waals surface area contributed by atoms with Crippen LogP contribution in [0.2, 0.25) is 5.02 Å². The summed E-state index contributed by atoms with van der Waals surface area (Å²) in [5.74, 6) is -0.276. The number of rotatable bonds is 6. The van der Waals surface area contributed by atoms with Crippen LogP contribution in [0.15, 0.2) is 52.7 Å². The van der Waals surface area contributed by atoms with Crippen LogP contribution in [0.3, 0.4) is 0 Å². The van der Waals surface area contributed by atoms with Gasteiger partial charge in [0.1, 0.15) is 5.25 Å². The van der Waals surface area contributed by atoms with Crippen molar-refractivity contribution in [2.75, 3.05) is 11.9 Å². The molecule has 1 atom stereocenters. The van der Waals surface area contributed by atoms with Crippen LogP contribution < -0.4 is 15.4 Å². The van der Waals surface area contributed by atoms with Crippen molar-refractivity contribution in [3.63, 3.8) is 0 Å². The Morgan fingerprint density at radius 1 is 1.40 bits per heavy atom. The lowest BCUT2D eigenvalue weighted by molar-refractivity contribution is -0.123. The van der Waals surface area contributed by atoms with Gasteiger partial charge in [-0.2, -0.15) is 5.10 Å². The van der Waals surface area contributed by atoms with Gasteiger partial charge in [0.15, 0.2) is 16.7 Å². The first-order chi connectivity index (χ1) is 14.4. The molecule has 0 bridgehead atoms. The number of anilines is 1. The van der Waals surface area contributed by atoms with E-state index in [4.69, 9.17) is 16.3 Å². The molecule has 2 aromatic rings. The second-order valence-corrected chi connectivity index (χ2v) is 7.80. The number of nitrogens with one attached hydrogen (secondary N) is 2. The molecule has 0 unspecified atom stereocenters. The molecule has 0 aromatic heterocycles. The molecule has 0 radical (unpaired) electrons. The molecule has 10 heteroatoms. The number of halogens is 1. The van der Waals surface area contributed by atoms with Gasteiger partial charge in [-0.1, -0.05) is 29.4 Å². The first kappa shape index (κ1) is 21.7. The zero-order valence-electron chi connectivity index (χ0n) is 16.0. The van der Waals surface area contributed by atoms with Crippen LogP contribution in [0.1, 0.15) is 18.9 Å². The number of hydrogen-bond donors (Lipinski definition) is 3. The van der Waals surface area contributed by atoms with Crippen molar-refractivity contribution in [2.24, 2.45) is 10.2 Å². The van der Waals surface area contributed by atoms with Crippen LogP contribution >= 0.6 is 23.4 Å². The van der Waals surface area contributed by atoms with Crippen molar-refractivity contribution in [3.05, 3.63) is 53.1 Å². The molecule has 1 aliphatic rings. The average molecular weight is 447 g/mol. The lowest BCUT2D eigenvalue weighted by Crippen LogP contribution is -2.41. The van der Waals surface area contributed by atoms with E-state index in [9.17, 15) is 14.7 Å². The lowest BCUT2D eigenvalue weighted by Gasteiger charge is -2.21. The van der Waals surface area contributed by atoms with E-state index in [-0.39, 0.29) is 29.2 Å². The number of aromatic hydroxyl groups is 1. The first-order valence-corrected chi connectivity index (χ1v) is 10.3. The smallest absolute Gasteiger partial charge is 0.238 e. The van der Waals surface area contributed by atoms with Crippen molar-refractivity contribution in [1.82, 2.24) is 5.32 Å². The molecular weight excluding hydrogens is 428 g/mol. The van der Waals surface area contributed by atoms with Crippen molar-refractivity contribution in [2.45, 2.75) is 18.6 Å². The number of carbonyl (C=O) groups excluding carboxylic acids is 2. The minimum absolute atomic E-state index is 0.0233. The van der Waals surface area contributed by atoms with Crippen LogP contribution in [-0.4, -0.2) is 40.2 Å². The summed E-state index contributed by atoms with van der Waals surface area (Å²) < 4.78 is 5.32. The standard InChI is InChI=1S/C20H19ClN4O4S/c1-2-29-16-8-12(6-7-15(16)26)11-22-25-20-24-18(27)10-17(30-20)19(28)23-14-5-3-4-13(21)9-14/h3-9,11,17,26H,2,10H2,1H3,(H,23,28)(H,24,25,27)/b22-11-/t17-/m1/s1. The number of nitrogens with zero attached hydrogens (tertiary/aromatic N) is 2. The Morgan fingerprint density at radius 3 is 3.00 bits per heavy atom. The third kappa shape index (κ3) is 5.98. The Hall–Kier alpha value is -3.04. The average Bonchev–Trinajstić information content (AvgIpc) is 2.70. The van der Waals surface area contributed by atoms with Gasteiger partial charge >= 0.3 is 0 Å². The molecule has 8 nitrogen and oxygen atoms in total. The third-order valence-electron chi connectivity index (χ3n) is 3.89. The minimum atomic E-state index is -0.648. The van der Waals surface area contributed by atoms with E-state index in [1.807, 2.05) is 6.92 Å². The zero-order valence-corrected chi connectivity index (χ0v) is 17.5. The topological polar surface area (TPSA) is 112 Å². The maximum Gasteiger partial charge on any atom is 0.238 e. The van der Waals surface area contributed by atoms with Gasteiger partial charge < -0.3 is 20.5 Å².